The van der Waals surface area contributed by atoms with E-state index >= 15 is 0 Å². The lowest BCUT2D eigenvalue weighted by atomic mass is 10.1. The number of carbonyl (C=O) groups is 2. The van der Waals surface area contributed by atoms with Crippen LogP contribution in [-0.2, 0) is 16.0 Å². The summed E-state index contributed by atoms with van der Waals surface area (Å²) in [6.45, 7) is 0. The van der Waals surface area contributed by atoms with Crippen LogP contribution in [0.1, 0.15) is 15.9 Å². The number of halogens is 3. The highest BCUT2D eigenvalue weighted by Crippen LogP contribution is 2.24. The van der Waals surface area contributed by atoms with Crippen molar-refractivity contribution < 1.29 is 14.3 Å². The maximum Gasteiger partial charge on any atom is 0.328 e. The largest absolute Gasteiger partial charge is 0.467 e. The molecule has 1 atom stereocenters. The molecule has 0 unspecified atom stereocenters. The molecule has 24 heavy (non-hydrogen) atoms. The summed E-state index contributed by atoms with van der Waals surface area (Å²) >= 11 is 15.4. The summed E-state index contributed by atoms with van der Waals surface area (Å²) in [4.78, 5) is 24.5. The smallest absolute Gasteiger partial charge is 0.328 e. The second-order valence-corrected chi connectivity index (χ2v) is 6.71. The molecule has 0 aromatic heterocycles. The molecule has 7 heteroatoms. The van der Waals surface area contributed by atoms with Crippen LogP contribution in [0.25, 0.3) is 0 Å². The summed E-state index contributed by atoms with van der Waals surface area (Å²) < 4.78 is 5.70. The van der Waals surface area contributed by atoms with E-state index in [1.165, 1.54) is 7.11 Å². The molecular formula is C17H14BrCl2NO3. The summed E-state index contributed by atoms with van der Waals surface area (Å²) in [5.41, 5.74) is 1.00. The van der Waals surface area contributed by atoms with Crippen molar-refractivity contribution in [2.45, 2.75) is 12.5 Å². The summed E-state index contributed by atoms with van der Waals surface area (Å²) in [6.07, 6.45) is 0.285. The maximum absolute atomic E-state index is 12.5. The van der Waals surface area contributed by atoms with Crippen molar-refractivity contribution in [1.82, 2.24) is 5.32 Å². The van der Waals surface area contributed by atoms with Crippen molar-refractivity contribution in [3.63, 3.8) is 0 Å². The number of hydrogen-bond donors (Lipinski definition) is 1. The second-order valence-electron chi connectivity index (χ2n) is 4.98. The van der Waals surface area contributed by atoms with Gasteiger partial charge in [-0.3, -0.25) is 4.79 Å². The van der Waals surface area contributed by atoms with Gasteiger partial charge >= 0.3 is 5.97 Å². The lowest BCUT2D eigenvalue weighted by molar-refractivity contribution is -0.142. The van der Waals surface area contributed by atoms with E-state index < -0.39 is 17.9 Å². The van der Waals surface area contributed by atoms with Gasteiger partial charge in [0.15, 0.2) is 0 Å². The first kappa shape index (κ1) is 18.8. The molecule has 0 bridgehead atoms. The van der Waals surface area contributed by atoms with Gasteiger partial charge in [0.25, 0.3) is 5.91 Å². The highest BCUT2D eigenvalue weighted by atomic mass is 79.9. The number of rotatable bonds is 5. The molecule has 1 N–H and O–H groups in total. The standard InChI is InChI=1S/C17H14BrCl2NO3/c1-24-17(23)14(9-10-5-7-11(18)8-6-10)21-16(22)15-12(19)3-2-4-13(15)20/h2-8,14H,9H2,1H3,(H,21,22)/t14-/m0/s1. The van der Waals surface area contributed by atoms with E-state index in [9.17, 15) is 9.59 Å². The Morgan fingerprint density at radius 1 is 1.12 bits per heavy atom. The minimum Gasteiger partial charge on any atom is -0.467 e. The van der Waals surface area contributed by atoms with Crippen LogP contribution in [0, 0.1) is 0 Å². The molecule has 0 spiro atoms. The zero-order valence-electron chi connectivity index (χ0n) is 12.7. The fourth-order valence-electron chi connectivity index (χ4n) is 2.14. The van der Waals surface area contributed by atoms with Crippen molar-refractivity contribution in [2.24, 2.45) is 0 Å². The van der Waals surface area contributed by atoms with Gasteiger partial charge in [0.05, 0.1) is 22.7 Å². The molecule has 4 nitrogen and oxygen atoms in total. The average Bonchev–Trinajstić information content (AvgIpc) is 2.55. The van der Waals surface area contributed by atoms with E-state index in [0.29, 0.717) is 0 Å². The number of methoxy groups -OCH3 is 1. The number of benzene rings is 2. The average molecular weight is 431 g/mol. The van der Waals surface area contributed by atoms with E-state index in [4.69, 9.17) is 27.9 Å². The van der Waals surface area contributed by atoms with Gasteiger partial charge in [-0.15, -0.1) is 0 Å². The second kappa shape index (κ2) is 8.51. The summed E-state index contributed by atoms with van der Waals surface area (Å²) in [6, 6.07) is 11.3. The first-order valence-corrected chi connectivity index (χ1v) is 8.54. The third-order valence-electron chi connectivity index (χ3n) is 3.33. The SMILES string of the molecule is COC(=O)[C@H](Cc1ccc(Br)cc1)NC(=O)c1c(Cl)cccc1Cl. The van der Waals surface area contributed by atoms with Gasteiger partial charge in [-0.1, -0.05) is 57.3 Å². The zero-order chi connectivity index (χ0) is 17.7. The Kier molecular flexibility index (Phi) is 6.66. The van der Waals surface area contributed by atoms with Crippen LogP contribution in [0.5, 0.6) is 0 Å². The van der Waals surface area contributed by atoms with Gasteiger partial charge in [0, 0.05) is 10.9 Å². The monoisotopic (exact) mass is 429 g/mol. The third kappa shape index (κ3) is 4.72. The fraction of sp³-hybridized carbons (Fsp3) is 0.176. The van der Waals surface area contributed by atoms with Gasteiger partial charge in [0.2, 0.25) is 0 Å². The van der Waals surface area contributed by atoms with Crippen molar-refractivity contribution >= 4 is 51.0 Å². The molecule has 0 radical (unpaired) electrons. The Labute approximate surface area is 158 Å². The zero-order valence-corrected chi connectivity index (χ0v) is 15.8. The molecule has 1 amide bonds. The summed E-state index contributed by atoms with van der Waals surface area (Å²) in [7, 11) is 1.27. The van der Waals surface area contributed by atoms with Crippen LogP contribution >= 0.6 is 39.1 Å². The molecule has 2 aromatic rings. The summed E-state index contributed by atoms with van der Waals surface area (Å²) in [5.74, 6) is -1.08. The maximum atomic E-state index is 12.5. The van der Waals surface area contributed by atoms with E-state index in [1.807, 2.05) is 24.3 Å². The van der Waals surface area contributed by atoms with Gasteiger partial charge in [-0.25, -0.2) is 4.79 Å². The summed E-state index contributed by atoms with van der Waals surface area (Å²) in [5, 5.41) is 3.06. The van der Waals surface area contributed by atoms with Crippen LogP contribution in [0.4, 0.5) is 0 Å². The Hall–Kier alpha value is -1.56. The predicted molar refractivity (Wildman–Crippen MR) is 97.6 cm³/mol. The Morgan fingerprint density at radius 3 is 2.25 bits per heavy atom. The number of hydrogen-bond acceptors (Lipinski definition) is 3. The molecule has 126 valence electrons. The van der Waals surface area contributed by atoms with Gasteiger partial charge in [0.1, 0.15) is 6.04 Å². The number of esters is 1. The lowest BCUT2D eigenvalue weighted by Gasteiger charge is -2.17. The molecule has 0 saturated heterocycles. The predicted octanol–water partition coefficient (Wildman–Crippen LogP) is 4.27. The molecular weight excluding hydrogens is 417 g/mol. The minimum atomic E-state index is -0.851. The Morgan fingerprint density at radius 2 is 1.71 bits per heavy atom. The van der Waals surface area contributed by atoms with Gasteiger partial charge in [-0.05, 0) is 29.8 Å². The van der Waals surface area contributed by atoms with E-state index in [2.05, 4.69) is 21.2 Å². The van der Waals surface area contributed by atoms with Crippen molar-refractivity contribution in [2.75, 3.05) is 7.11 Å². The molecule has 0 saturated carbocycles. The Balaban J connectivity index is 2.21. The van der Waals surface area contributed by atoms with E-state index in [1.54, 1.807) is 18.2 Å². The molecule has 0 aliphatic heterocycles. The van der Waals surface area contributed by atoms with Crippen LogP contribution in [0.15, 0.2) is 46.9 Å². The minimum absolute atomic E-state index is 0.130. The molecule has 0 aliphatic rings. The lowest BCUT2D eigenvalue weighted by Crippen LogP contribution is -2.43. The fourth-order valence-corrected chi connectivity index (χ4v) is 2.97. The van der Waals surface area contributed by atoms with Crippen molar-refractivity contribution in [1.29, 1.82) is 0 Å². The molecule has 2 rings (SSSR count). The number of amides is 1. The van der Waals surface area contributed by atoms with E-state index in [0.717, 1.165) is 10.0 Å². The molecule has 2 aromatic carbocycles. The van der Waals surface area contributed by atoms with Crippen LogP contribution in [0.3, 0.4) is 0 Å². The highest BCUT2D eigenvalue weighted by Gasteiger charge is 2.24. The van der Waals surface area contributed by atoms with Gasteiger partial charge < -0.3 is 10.1 Å². The van der Waals surface area contributed by atoms with E-state index in [-0.39, 0.29) is 22.0 Å². The van der Waals surface area contributed by atoms with Crippen molar-refractivity contribution in [3.05, 3.63) is 68.1 Å². The molecule has 0 fully saturated rings. The first-order chi connectivity index (χ1) is 11.4. The number of carbonyl (C=O) groups excluding carboxylic acids is 2. The van der Waals surface area contributed by atoms with Crippen molar-refractivity contribution in [3.8, 4) is 0 Å². The number of nitrogens with one attached hydrogen (secondary N) is 1. The molecule has 0 heterocycles. The number of ether oxygens (including phenoxy) is 1. The first-order valence-electron chi connectivity index (χ1n) is 6.99. The quantitative estimate of drug-likeness (QED) is 0.720. The van der Waals surface area contributed by atoms with Crippen LogP contribution < -0.4 is 5.32 Å². The highest BCUT2D eigenvalue weighted by molar-refractivity contribution is 9.10. The third-order valence-corrected chi connectivity index (χ3v) is 4.49. The Bertz CT molecular complexity index is 730. The topological polar surface area (TPSA) is 55.4 Å². The normalized spacial score (nSPS) is 11.7. The molecule has 0 aliphatic carbocycles. The van der Waals surface area contributed by atoms with Crippen LogP contribution in [0.2, 0.25) is 10.0 Å². The van der Waals surface area contributed by atoms with Gasteiger partial charge in [-0.2, -0.15) is 0 Å². The van der Waals surface area contributed by atoms with Crippen LogP contribution in [-0.4, -0.2) is 25.0 Å².